The lowest BCUT2D eigenvalue weighted by atomic mass is 10.1. The monoisotopic (exact) mass is 430 g/mol. The number of halogens is 4. The third kappa shape index (κ3) is 4.34. The average Bonchev–Trinajstić information content (AvgIpc) is 3.10. The fourth-order valence-corrected chi connectivity index (χ4v) is 2.96. The zero-order chi connectivity index (χ0) is 22.0. The molecule has 3 heterocycles. The zero-order valence-corrected chi connectivity index (χ0v) is 15.8. The number of amides is 1. The molecule has 0 atom stereocenters. The highest BCUT2D eigenvalue weighted by molar-refractivity contribution is 6.06. The van der Waals surface area contributed by atoms with Crippen LogP contribution in [0.25, 0.3) is 10.9 Å². The van der Waals surface area contributed by atoms with Crippen LogP contribution in [0.2, 0.25) is 0 Å². The molecule has 0 unspecified atom stereocenters. The van der Waals surface area contributed by atoms with Gasteiger partial charge in [0, 0.05) is 17.8 Å². The molecule has 0 aliphatic heterocycles. The van der Waals surface area contributed by atoms with Crippen LogP contribution in [0.5, 0.6) is 0 Å². The van der Waals surface area contributed by atoms with Crippen LogP contribution in [-0.2, 0) is 19.4 Å². The summed E-state index contributed by atoms with van der Waals surface area (Å²) in [5.74, 6) is -0.712. The van der Waals surface area contributed by atoms with E-state index in [1.54, 1.807) is 6.07 Å². The van der Waals surface area contributed by atoms with Gasteiger partial charge in [-0.1, -0.05) is 6.07 Å². The highest BCUT2D eigenvalue weighted by atomic mass is 19.4. The van der Waals surface area contributed by atoms with E-state index >= 15 is 0 Å². The van der Waals surface area contributed by atoms with Crippen molar-refractivity contribution in [2.45, 2.75) is 19.4 Å². The Morgan fingerprint density at radius 2 is 1.97 bits per heavy atom. The van der Waals surface area contributed by atoms with Gasteiger partial charge in [0.25, 0.3) is 5.91 Å². The lowest BCUT2D eigenvalue weighted by Crippen LogP contribution is -2.15. The summed E-state index contributed by atoms with van der Waals surface area (Å²) in [6.07, 6.45) is -1.71. The Labute approximate surface area is 172 Å². The SMILES string of the molecule is O=C(Nc1nn(Cc2ccc(CF)nc2)c2ccc(C(F)(F)F)cc12)c1cccnn1. The maximum Gasteiger partial charge on any atom is 0.416 e. The van der Waals surface area contributed by atoms with Crippen molar-refractivity contribution in [3.63, 3.8) is 0 Å². The Morgan fingerprint density at radius 1 is 1.13 bits per heavy atom. The Kier molecular flexibility index (Phi) is 5.32. The molecular formula is C20H14F4N6O. The smallest absolute Gasteiger partial charge is 0.303 e. The van der Waals surface area contributed by atoms with Crippen molar-refractivity contribution in [2.24, 2.45) is 0 Å². The molecule has 1 amide bonds. The molecule has 31 heavy (non-hydrogen) atoms. The summed E-state index contributed by atoms with van der Waals surface area (Å²) in [5.41, 5.74) is 0.415. The molecule has 1 aromatic carbocycles. The number of carbonyl (C=O) groups excluding carboxylic acids is 1. The maximum absolute atomic E-state index is 13.2. The first kappa shape index (κ1) is 20.4. The van der Waals surface area contributed by atoms with Gasteiger partial charge in [0.1, 0.15) is 6.67 Å². The van der Waals surface area contributed by atoms with E-state index in [9.17, 15) is 22.4 Å². The van der Waals surface area contributed by atoms with Crippen LogP contribution >= 0.6 is 0 Å². The minimum absolute atomic E-state index is 0.0109. The second-order valence-electron chi connectivity index (χ2n) is 6.59. The van der Waals surface area contributed by atoms with Gasteiger partial charge in [-0.2, -0.15) is 23.4 Å². The maximum atomic E-state index is 13.2. The van der Waals surface area contributed by atoms with Crippen molar-refractivity contribution in [1.29, 1.82) is 0 Å². The van der Waals surface area contributed by atoms with Gasteiger partial charge in [-0.05, 0) is 42.0 Å². The Balaban J connectivity index is 1.74. The molecule has 0 bridgehead atoms. The fourth-order valence-electron chi connectivity index (χ4n) is 2.96. The number of hydrogen-bond donors (Lipinski definition) is 1. The van der Waals surface area contributed by atoms with E-state index in [1.165, 1.54) is 41.3 Å². The molecule has 7 nitrogen and oxygen atoms in total. The van der Waals surface area contributed by atoms with Crippen molar-refractivity contribution in [3.8, 4) is 0 Å². The van der Waals surface area contributed by atoms with E-state index in [-0.39, 0.29) is 29.1 Å². The number of benzene rings is 1. The van der Waals surface area contributed by atoms with Crippen LogP contribution in [0, 0.1) is 0 Å². The van der Waals surface area contributed by atoms with Crippen LogP contribution in [-0.4, -0.2) is 30.9 Å². The molecule has 0 spiro atoms. The standard InChI is InChI=1S/C20H14F4N6O/c21-9-14-5-3-12(10-25-14)11-30-17-6-4-13(20(22,23)24)8-15(17)18(29-30)27-19(31)16-2-1-7-26-28-16/h1-8,10H,9,11H2,(H,27,29,31). The highest BCUT2D eigenvalue weighted by Gasteiger charge is 2.31. The van der Waals surface area contributed by atoms with Gasteiger partial charge in [0.2, 0.25) is 0 Å². The molecule has 11 heteroatoms. The number of pyridine rings is 1. The zero-order valence-electron chi connectivity index (χ0n) is 15.8. The van der Waals surface area contributed by atoms with E-state index in [0.29, 0.717) is 11.1 Å². The van der Waals surface area contributed by atoms with Crippen molar-refractivity contribution in [3.05, 3.63) is 77.4 Å². The molecule has 0 radical (unpaired) electrons. The summed E-state index contributed by atoms with van der Waals surface area (Å²) in [6.45, 7) is -0.549. The summed E-state index contributed by atoms with van der Waals surface area (Å²) >= 11 is 0. The van der Waals surface area contributed by atoms with Gasteiger partial charge >= 0.3 is 6.18 Å². The Hall–Kier alpha value is -3.89. The molecule has 0 saturated heterocycles. The molecule has 158 valence electrons. The van der Waals surface area contributed by atoms with Gasteiger partial charge in [0.15, 0.2) is 11.5 Å². The highest BCUT2D eigenvalue weighted by Crippen LogP contribution is 2.34. The molecule has 0 fully saturated rings. The first-order valence-electron chi connectivity index (χ1n) is 9.02. The van der Waals surface area contributed by atoms with Gasteiger partial charge < -0.3 is 5.32 Å². The van der Waals surface area contributed by atoms with Crippen molar-refractivity contribution in [1.82, 2.24) is 25.0 Å². The summed E-state index contributed by atoms with van der Waals surface area (Å²) in [6, 6.07) is 9.24. The number of alkyl halides is 4. The number of nitrogens with zero attached hydrogens (tertiary/aromatic N) is 5. The molecule has 0 saturated carbocycles. The van der Waals surface area contributed by atoms with Crippen molar-refractivity contribution in [2.75, 3.05) is 5.32 Å². The summed E-state index contributed by atoms with van der Waals surface area (Å²) in [7, 11) is 0. The number of hydrogen-bond acceptors (Lipinski definition) is 5. The molecule has 0 aliphatic rings. The van der Waals surface area contributed by atoms with Crippen molar-refractivity contribution >= 4 is 22.6 Å². The second kappa shape index (κ2) is 8.09. The third-order valence-corrected chi connectivity index (χ3v) is 4.47. The van der Waals surface area contributed by atoms with E-state index in [1.807, 2.05) is 0 Å². The lowest BCUT2D eigenvalue weighted by molar-refractivity contribution is -0.137. The predicted octanol–water partition coefficient (Wildman–Crippen LogP) is 4.01. The number of anilines is 1. The van der Waals surface area contributed by atoms with E-state index in [2.05, 4.69) is 25.6 Å². The average molecular weight is 430 g/mol. The third-order valence-electron chi connectivity index (χ3n) is 4.47. The number of aromatic nitrogens is 5. The van der Waals surface area contributed by atoms with Crippen LogP contribution < -0.4 is 5.32 Å². The summed E-state index contributed by atoms with van der Waals surface area (Å²) < 4.78 is 53.8. The minimum atomic E-state index is -4.56. The van der Waals surface area contributed by atoms with Crippen molar-refractivity contribution < 1.29 is 22.4 Å². The van der Waals surface area contributed by atoms with E-state index < -0.39 is 24.3 Å². The summed E-state index contributed by atoms with van der Waals surface area (Å²) in [4.78, 5) is 16.4. The number of nitrogens with one attached hydrogen (secondary N) is 1. The van der Waals surface area contributed by atoms with Gasteiger partial charge in [0.05, 0.1) is 23.3 Å². The normalized spacial score (nSPS) is 11.6. The first-order valence-corrected chi connectivity index (χ1v) is 9.02. The minimum Gasteiger partial charge on any atom is -0.303 e. The topological polar surface area (TPSA) is 85.6 Å². The molecular weight excluding hydrogens is 416 g/mol. The van der Waals surface area contributed by atoms with Crippen LogP contribution in [0.4, 0.5) is 23.4 Å². The largest absolute Gasteiger partial charge is 0.416 e. The predicted molar refractivity (Wildman–Crippen MR) is 103 cm³/mol. The number of rotatable bonds is 5. The summed E-state index contributed by atoms with van der Waals surface area (Å²) in [5, 5.41) is 14.2. The quantitative estimate of drug-likeness (QED) is 0.484. The number of carbonyl (C=O) groups is 1. The van der Waals surface area contributed by atoms with Gasteiger partial charge in [-0.3, -0.25) is 14.5 Å². The molecule has 4 rings (SSSR count). The van der Waals surface area contributed by atoms with E-state index in [4.69, 9.17) is 0 Å². The molecule has 0 aliphatic carbocycles. The van der Waals surface area contributed by atoms with Gasteiger partial charge in [-0.15, -0.1) is 5.10 Å². The van der Waals surface area contributed by atoms with E-state index in [0.717, 1.165) is 12.1 Å². The van der Waals surface area contributed by atoms with Gasteiger partial charge in [-0.25, -0.2) is 4.39 Å². The second-order valence-corrected chi connectivity index (χ2v) is 6.59. The fraction of sp³-hybridized carbons (Fsp3) is 0.150. The molecule has 4 aromatic rings. The Morgan fingerprint density at radius 3 is 2.61 bits per heavy atom. The molecule has 1 N–H and O–H groups in total. The number of fused-ring (bicyclic) bond motifs is 1. The molecule has 3 aromatic heterocycles. The first-order chi connectivity index (χ1) is 14.8. The lowest BCUT2D eigenvalue weighted by Gasteiger charge is -2.07. The van der Waals surface area contributed by atoms with Crippen LogP contribution in [0.1, 0.15) is 27.3 Å². The van der Waals surface area contributed by atoms with Crippen LogP contribution in [0.15, 0.2) is 54.9 Å². The Bertz CT molecular complexity index is 1220. The van der Waals surface area contributed by atoms with Crippen LogP contribution in [0.3, 0.4) is 0 Å².